The molecule has 0 bridgehead atoms. The van der Waals surface area contributed by atoms with Crippen LogP contribution in [0.25, 0.3) is 0 Å². The molecule has 1 saturated heterocycles. The second-order valence-electron chi connectivity index (χ2n) is 6.77. The van der Waals surface area contributed by atoms with E-state index in [0.29, 0.717) is 23.9 Å². The number of hydrogen-bond acceptors (Lipinski definition) is 5. The van der Waals surface area contributed by atoms with Crippen LogP contribution in [-0.4, -0.2) is 49.0 Å². The van der Waals surface area contributed by atoms with Crippen LogP contribution in [0.3, 0.4) is 0 Å². The van der Waals surface area contributed by atoms with Crippen molar-refractivity contribution < 1.29 is 14.3 Å². The van der Waals surface area contributed by atoms with Crippen LogP contribution in [0.5, 0.6) is 0 Å². The summed E-state index contributed by atoms with van der Waals surface area (Å²) in [7, 11) is 0. The van der Waals surface area contributed by atoms with Gasteiger partial charge >= 0.3 is 6.09 Å². The Kier molecular flexibility index (Phi) is 6.51. The summed E-state index contributed by atoms with van der Waals surface area (Å²) in [5.74, 6) is 6.69. The van der Waals surface area contributed by atoms with Crippen LogP contribution in [-0.2, 0) is 9.47 Å². The van der Waals surface area contributed by atoms with Crippen LogP contribution in [0.4, 0.5) is 10.6 Å². The minimum Gasteiger partial charge on any atom is -0.444 e. The van der Waals surface area contributed by atoms with Crippen LogP contribution < -0.4 is 10.2 Å². The van der Waals surface area contributed by atoms with Gasteiger partial charge in [-0.25, -0.2) is 9.78 Å². The highest BCUT2D eigenvalue weighted by molar-refractivity contribution is 6.30. The average molecular weight is 366 g/mol. The van der Waals surface area contributed by atoms with Crippen molar-refractivity contribution in [3.05, 3.63) is 22.8 Å². The molecule has 7 heteroatoms. The molecule has 0 radical (unpaired) electrons. The zero-order valence-electron chi connectivity index (χ0n) is 15.1. The molecular weight excluding hydrogens is 342 g/mol. The molecule has 1 unspecified atom stereocenters. The number of anilines is 1. The third-order valence-electron chi connectivity index (χ3n) is 3.26. The number of nitrogens with zero attached hydrogens (tertiary/aromatic N) is 2. The van der Waals surface area contributed by atoms with Gasteiger partial charge in [0.1, 0.15) is 17.1 Å². The van der Waals surface area contributed by atoms with Crippen molar-refractivity contribution in [1.29, 1.82) is 0 Å². The topological polar surface area (TPSA) is 63.7 Å². The van der Waals surface area contributed by atoms with Crippen molar-refractivity contribution in [1.82, 2.24) is 10.3 Å². The van der Waals surface area contributed by atoms with E-state index in [-0.39, 0.29) is 6.04 Å². The fourth-order valence-corrected chi connectivity index (χ4v) is 2.41. The number of carbonyl (C=O) groups excluding carboxylic acids is 1. The van der Waals surface area contributed by atoms with Crippen LogP contribution in [0.15, 0.2) is 12.1 Å². The molecule has 1 amide bonds. The minimum atomic E-state index is -0.543. The first-order chi connectivity index (χ1) is 11.7. The second kappa shape index (κ2) is 8.41. The summed E-state index contributed by atoms with van der Waals surface area (Å²) in [5.41, 5.74) is 0.0190. The van der Waals surface area contributed by atoms with E-state index in [2.05, 4.69) is 27.0 Å². The van der Waals surface area contributed by atoms with Gasteiger partial charge in [-0.05, 0) is 45.7 Å². The average Bonchev–Trinajstić information content (AvgIpc) is 2.51. The Labute approximate surface area is 153 Å². The van der Waals surface area contributed by atoms with E-state index >= 15 is 0 Å². The van der Waals surface area contributed by atoms with E-state index < -0.39 is 11.7 Å². The Morgan fingerprint density at radius 1 is 1.40 bits per heavy atom. The molecular formula is C18H24ClN3O3. The summed E-state index contributed by atoms with van der Waals surface area (Å²) in [4.78, 5) is 18.4. The first kappa shape index (κ1) is 19.4. The van der Waals surface area contributed by atoms with Crippen molar-refractivity contribution in [2.75, 3.05) is 31.2 Å². The Morgan fingerprint density at radius 2 is 2.08 bits per heavy atom. The maximum Gasteiger partial charge on any atom is 0.408 e. The number of nitrogens with one attached hydrogen (secondary N) is 1. The van der Waals surface area contributed by atoms with Gasteiger partial charge in [-0.1, -0.05) is 17.5 Å². The van der Waals surface area contributed by atoms with Gasteiger partial charge in [0, 0.05) is 18.1 Å². The number of hydrogen-bond donors (Lipinski definition) is 1. The first-order valence-corrected chi connectivity index (χ1v) is 8.62. The molecule has 0 spiro atoms. The molecule has 0 saturated carbocycles. The normalized spacial score (nSPS) is 15.8. The van der Waals surface area contributed by atoms with Crippen molar-refractivity contribution in [3.8, 4) is 11.8 Å². The van der Waals surface area contributed by atoms with Crippen molar-refractivity contribution in [3.63, 3.8) is 0 Å². The Balaban J connectivity index is 2.03. The number of ether oxygens (including phenoxy) is 2. The summed E-state index contributed by atoms with van der Waals surface area (Å²) in [6.45, 7) is 10.1. The molecule has 2 rings (SSSR count). The summed E-state index contributed by atoms with van der Waals surface area (Å²) < 4.78 is 10.6. The van der Waals surface area contributed by atoms with Gasteiger partial charge < -0.3 is 19.7 Å². The third-order valence-corrected chi connectivity index (χ3v) is 3.48. The highest BCUT2D eigenvalue weighted by Crippen LogP contribution is 2.19. The van der Waals surface area contributed by atoms with Gasteiger partial charge in [0.05, 0.1) is 19.3 Å². The fraction of sp³-hybridized carbons (Fsp3) is 0.556. The fourth-order valence-electron chi connectivity index (χ4n) is 2.20. The number of aromatic nitrogens is 1. The van der Waals surface area contributed by atoms with E-state index in [0.717, 1.165) is 18.9 Å². The van der Waals surface area contributed by atoms with Crippen LogP contribution in [0, 0.1) is 11.8 Å². The number of rotatable bonds is 2. The Hall–Kier alpha value is -1.97. The van der Waals surface area contributed by atoms with Gasteiger partial charge in [0.25, 0.3) is 0 Å². The molecule has 6 nitrogen and oxygen atoms in total. The van der Waals surface area contributed by atoms with E-state index in [1.807, 2.05) is 26.8 Å². The van der Waals surface area contributed by atoms with Crippen LogP contribution >= 0.6 is 11.6 Å². The molecule has 1 fully saturated rings. The molecule has 1 aliphatic heterocycles. The van der Waals surface area contributed by atoms with E-state index in [4.69, 9.17) is 21.1 Å². The number of pyridine rings is 1. The lowest BCUT2D eigenvalue weighted by molar-refractivity contribution is 0.0519. The summed E-state index contributed by atoms with van der Waals surface area (Å²) >= 11 is 6.19. The summed E-state index contributed by atoms with van der Waals surface area (Å²) in [6, 6.07) is 3.15. The zero-order valence-corrected chi connectivity index (χ0v) is 15.8. The highest BCUT2D eigenvalue weighted by Gasteiger charge is 2.17. The molecule has 1 aromatic heterocycles. The number of alkyl carbamates (subject to hydrolysis) is 1. The molecule has 2 heterocycles. The van der Waals surface area contributed by atoms with E-state index in [9.17, 15) is 4.79 Å². The Morgan fingerprint density at radius 3 is 2.72 bits per heavy atom. The highest BCUT2D eigenvalue weighted by atomic mass is 35.5. The molecule has 0 aromatic carbocycles. The van der Waals surface area contributed by atoms with Crippen molar-refractivity contribution in [2.45, 2.75) is 39.3 Å². The molecule has 0 aliphatic carbocycles. The molecule has 1 aliphatic rings. The smallest absolute Gasteiger partial charge is 0.408 e. The lowest BCUT2D eigenvalue weighted by Gasteiger charge is -2.27. The van der Waals surface area contributed by atoms with E-state index in [1.165, 1.54) is 0 Å². The SMILES string of the molecule is CC(C#Cc1cc(Cl)cc(N2CCOCC2)n1)NC(=O)OC(C)(C)C. The first-order valence-electron chi connectivity index (χ1n) is 8.24. The number of morpholine rings is 1. The maximum atomic E-state index is 11.7. The predicted molar refractivity (Wildman–Crippen MR) is 98.0 cm³/mol. The molecule has 1 N–H and O–H groups in total. The number of halogens is 1. The van der Waals surface area contributed by atoms with Gasteiger partial charge in [0.15, 0.2) is 0 Å². The van der Waals surface area contributed by atoms with E-state index in [1.54, 1.807) is 13.0 Å². The quantitative estimate of drug-likeness (QED) is 0.816. The van der Waals surface area contributed by atoms with Gasteiger partial charge in [-0.3, -0.25) is 0 Å². The maximum absolute atomic E-state index is 11.7. The lowest BCUT2D eigenvalue weighted by atomic mass is 10.2. The third kappa shape index (κ3) is 6.81. The second-order valence-corrected chi connectivity index (χ2v) is 7.20. The number of amides is 1. The molecule has 25 heavy (non-hydrogen) atoms. The molecule has 136 valence electrons. The molecule has 1 aromatic rings. The Bertz CT molecular complexity index is 670. The predicted octanol–water partition coefficient (Wildman–Crippen LogP) is 2.84. The summed E-state index contributed by atoms with van der Waals surface area (Å²) in [5, 5.41) is 3.25. The van der Waals surface area contributed by atoms with Gasteiger partial charge in [0.2, 0.25) is 0 Å². The van der Waals surface area contributed by atoms with Crippen molar-refractivity contribution in [2.24, 2.45) is 0 Å². The van der Waals surface area contributed by atoms with Crippen molar-refractivity contribution >= 4 is 23.5 Å². The standard InChI is InChI=1S/C18H24ClN3O3/c1-13(20-17(23)25-18(2,3)4)5-6-15-11-14(19)12-16(21-15)22-7-9-24-10-8-22/h11-13H,7-10H2,1-4H3,(H,20,23). The zero-order chi connectivity index (χ0) is 18.4. The monoisotopic (exact) mass is 365 g/mol. The minimum absolute atomic E-state index is 0.373. The molecule has 1 atom stereocenters. The van der Waals surface area contributed by atoms with Crippen LogP contribution in [0.2, 0.25) is 5.02 Å². The summed E-state index contributed by atoms with van der Waals surface area (Å²) in [6.07, 6.45) is -0.498. The lowest BCUT2D eigenvalue weighted by Crippen LogP contribution is -2.37. The largest absolute Gasteiger partial charge is 0.444 e. The van der Waals surface area contributed by atoms with Crippen LogP contribution in [0.1, 0.15) is 33.4 Å². The number of carbonyl (C=O) groups is 1. The van der Waals surface area contributed by atoms with Gasteiger partial charge in [-0.2, -0.15) is 0 Å². The van der Waals surface area contributed by atoms with Gasteiger partial charge in [-0.15, -0.1) is 0 Å².